The van der Waals surface area contributed by atoms with Gasteiger partial charge in [0.05, 0.1) is 18.7 Å². The number of esters is 1. The van der Waals surface area contributed by atoms with Crippen LogP contribution in [0.2, 0.25) is 0 Å². The van der Waals surface area contributed by atoms with Gasteiger partial charge in [-0.1, -0.05) is 12.1 Å². The lowest BCUT2D eigenvalue weighted by atomic mass is 10.0. The van der Waals surface area contributed by atoms with Gasteiger partial charge in [-0.2, -0.15) is 0 Å². The summed E-state index contributed by atoms with van der Waals surface area (Å²) in [6.45, 7) is 6.28. The summed E-state index contributed by atoms with van der Waals surface area (Å²) >= 11 is 0. The summed E-state index contributed by atoms with van der Waals surface area (Å²) in [7, 11) is 1.36. The van der Waals surface area contributed by atoms with Crippen LogP contribution in [0.5, 0.6) is 0 Å². The molecule has 22 heavy (non-hydrogen) atoms. The third-order valence-corrected chi connectivity index (χ3v) is 3.60. The van der Waals surface area contributed by atoms with Gasteiger partial charge in [0.25, 0.3) is 0 Å². The summed E-state index contributed by atoms with van der Waals surface area (Å²) < 4.78 is 10.2. The summed E-state index contributed by atoms with van der Waals surface area (Å²) in [4.78, 5) is 25.5. The molecule has 1 aliphatic rings. The van der Waals surface area contributed by atoms with Gasteiger partial charge in [-0.3, -0.25) is 0 Å². The molecule has 0 saturated carbocycles. The third-order valence-electron chi connectivity index (χ3n) is 3.60. The first-order chi connectivity index (χ1) is 10.3. The zero-order chi connectivity index (χ0) is 16.3. The van der Waals surface area contributed by atoms with Crippen molar-refractivity contribution in [3.8, 4) is 0 Å². The highest BCUT2D eigenvalue weighted by molar-refractivity contribution is 5.89. The van der Waals surface area contributed by atoms with E-state index in [-0.39, 0.29) is 18.1 Å². The van der Waals surface area contributed by atoms with Crippen LogP contribution in [-0.2, 0) is 9.47 Å². The predicted molar refractivity (Wildman–Crippen MR) is 82.7 cm³/mol. The molecule has 1 amide bonds. The van der Waals surface area contributed by atoms with Crippen LogP contribution in [0, 0.1) is 0 Å². The van der Waals surface area contributed by atoms with Gasteiger partial charge in [0.2, 0.25) is 0 Å². The lowest BCUT2D eigenvalue weighted by Crippen LogP contribution is -2.36. The molecule has 5 heteroatoms. The highest BCUT2D eigenvalue weighted by Gasteiger charge is 2.33. The Morgan fingerprint density at radius 3 is 2.36 bits per heavy atom. The molecule has 0 unspecified atom stereocenters. The maximum atomic E-state index is 12.3. The maximum absolute atomic E-state index is 12.3. The Bertz CT molecular complexity index is 545. The topological polar surface area (TPSA) is 55.8 Å². The van der Waals surface area contributed by atoms with E-state index in [9.17, 15) is 9.59 Å². The molecule has 0 radical (unpaired) electrons. The Labute approximate surface area is 131 Å². The number of likely N-dealkylation sites (tertiary alicyclic amines) is 1. The van der Waals surface area contributed by atoms with E-state index in [4.69, 9.17) is 9.47 Å². The minimum atomic E-state index is -0.501. The first-order valence-corrected chi connectivity index (χ1v) is 7.50. The molecule has 1 heterocycles. The van der Waals surface area contributed by atoms with Gasteiger partial charge in [-0.15, -0.1) is 0 Å². The molecule has 0 spiro atoms. The van der Waals surface area contributed by atoms with Crippen LogP contribution in [0.1, 0.15) is 55.6 Å². The Kier molecular flexibility index (Phi) is 4.74. The van der Waals surface area contributed by atoms with E-state index in [1.54, 1.807) is 17.0 Å². The van der Waals surface area contributed by atoms with Crippen LogP contribution in [-0.4, -0.2) is 36.2 Å². The van der Waals surface area contributed by atoms with Gasteiger partial charge < -0.3 is 14.4 Å². The van der Waals surface area contributed by atoms with Crippen molar-refractivity contribution in [2.24, 2.45) is 0 Å². The molecule has 1 atom stereocenters. The summed E-state index contributed by atoms with van der Waals surface area (Å²) in [6, 6.07) is 7.21. The van der Waals surface area contributed by atoms with Crippen molar-refractivity contribution >= 4 is 12.1 Å². The first kappa shape index (κ1) is 16.3. The average Bonchev–Trinajstić information content (AvgIpc) is 2.94. The first-order valence-electron chi connectivity index (χ1n) is 7.50. The van der Waals surface area contributed by atoms with Crippen LogP contribution in [0.25, 0.3) is 0 Å². The zero-order valence-electron chi connectivity index (χ0n) is 13.6. The van der Waals surface area contributed by atoms with E-state index in [2.05, 4.69) is 0 Å². The van der Waals surface area contributed by atoms with Gasteiger partial charge >= 0.3 is 12.1 Å². The standard InChI is InChI=1S/C17H23NO4/c1-17(2,3)22-16(20)18-11-5-6-14(18)12-7-9-13(10-8-12)15(19)21-4/h7-10,14H,5-6,11H2,1-4H3/t14-/m1/s1. The van der Waals surface area contributed by atoms with Crippen molar-refractivity contribution in [3.63, 3.8) is 0 Å². The van der Waals surface area contributed by atoms with Crippen molar-refractivity contribution in [1.29, 1.82) is 0 Å². The molecule has 0 N–H and O–H groups in total. The molecular weight excluding hydrogens is 282 g/mol. The lowest BCUT2D eigenvalue weighted by molar-refractivity contribution is 0.0224. The molecule has 1 aliphatic heterocycles. The van der Waals surface area contributed by atoms with Crippen LogP contribution in [0.4, 0.5) is 4.79 Å². The number of methoxy groups -OCH3 is 1. The summed E-state index contributed by atoms with van der Waals surface area (Å²) in [5.74, 6) is -0.359. The second kappa shape index (κ2) is 6.38. The zero-order valence-corrected chi connectivity index (χ0v) is 13.6. The number of amides is 1. The smallest absolute Gasteiger partial charge is 0.410 e. The van der Waals surface area contributed by atoms with Crippen molar-refractivity contribution < 1.29 is 19.1 Å². The molecule has 5 nitrogen and oxygen atoms in total. The minimum absolute atomic E-state index is 0.00143. The van der Waals surface area contributed by atoms with Crippen molar-refractivity contribution in [1.82, 2.24) is 4.90 Å². The van der Waals surface area contributed by atoms with Gasteiger partial charge in [-0.05, 0) is 51.3 Å². The van der Waals surface area contributed by atoms with E-state index in [1.165, 1.54) is 7.11 Å². The van der Waals surface area contributed by atoms with E-state index in [0.717, 1.165) is 18.4 Å². The Balaban J connectivity index is 2.13. The Morgan fingerprint density at radius 2 is 1.82 bits per heavy atom. The second-order valence-electron chi connectivity index (χ2n) is 6.45. The normalized spacial score (nSPS) is 18.2. The number of hydrogen-bond acceptors (Lipinski definition) is 4. The largest absolute Gasteiger partial charge is 0.465 e. The van der Waals surface area contributed by atoms with Crippen molar-refractivity contribution in [2.75, 3.05) is 13.7 Å². The molecular formula is C17H23NO4. The van der Waals surface area contributed by atoms with Gasteiger partial charge in [-0.25, -0.2) is 9.59 Å². The number of carbonyl (C=O) groups excluding carboxylic acids is 2. The highest BCUT2D eigenvalue weighted by atomic mass is 16.6. The highest BCUT2D eigenvalue weighted by Crippen LogP contribution is 2.33. The number of nitrogens with zero attached hydrogens (tertiary/aromatic N) is 1. The summed E-state index contributed by atoms with van der Waals surface area (Å²) in [5, 5.41) is 0. The molecule has 1 aromatic rings. The Morgan fingerprint density at radius 1 is 1.18 bits per heavy atom. The maximum Gasteiger partial charge on any atom is 0.410 e. The van der Waals surface area contributed by atoms with Crippen LogP contribution < -0.4 is 0 Å². The second-order valence-corrected chi connectivity index (χ2v) is 6.45. The van der Waals surface area contributed by atoms with Crippen LogP contribution in [0.15, 0.2) is 24.3 Å². The molecule has 120 valence electrons. The molecule has 0 bridgehead atoms. The number of rotatable bonds is 2. The molecule has 2 rings (SSSR count). The number of benzene rings is 1. The molecule has 1 fully saturated rings. The lowest BCUT2D eigenvalue weighted by Gasteiger charge is -2.28. The Hall–Kier alpha value is -2.04. The fourth-order valence-corrected chi connectivity index (χ4v) is 2.61. The van der Waals surface area contributed by atoms with E-state index < -0.39 is 5.60 Å². The molecule has 0 aromatic heterocycles. The average molecular weight is 305 g/mol. The van der Waals surface area contributed by atoms with Crippen molar-refractivity contribution in [2.45, 2.75) is 45.3 Å². The fraction of sp³-hybridized carbons (Fsp3) is 0.529. The van der Waals surface area contributed by atoms with E-state index in [1.807, 2.05) is 32.9 Å². The molecule has 1 saturated heterocycles. The monoisotopic (exact) mass is 305 g/mol. The van der Waals surface area contributed by atoms with Gasteiger partial charge in [0.1, 0.15) is 5.60 Å². The van der Waals surface area contributed by atoms with Gasteiger partial charge in [0, 0.05) is 6.54 Å². The predicted octanol–water partition coefficient (Wildman–Crippen LogP) is 3.55. The van der Waals surface area contributed by atoms with Crippen LogP contribution in [0.3, 0.4) is 0 Å². The van der Waals surface area contributed by atoms with E-state index in [0.29, 0.717) is 12.1 Å². The SMILES string of the molecule is COC(=O)c1ccc([C@H]2CCCN2C(=O)OC(C)(C)C)cc1. The third kappa shape index (κ3) is 3.78. The quantitative estimate of drug-likeness (QED) is 0.784. The summed E-state index contributed by atoms with van der Waals surface area (Å²) in [6.07, 6.45) is 1.56. The van der Waals surface area contributed by atoms with Crippen molar-refractivity contribution in [3.05, 3.63) is 35.4 Å². The molecule has 0 aliphatic carbocycles. The minimum Gasteiger partial charge on any atom is -0.465 e. The number of ether oxygens (including phenoxy) is 2. The van der Waals surface area contributed by atoms with E-state index >= 15 is 0 Å². The van der Waals surface area contributed by atoms with Crippen LogP contribution >= 0.6 is 0 Å². The van der Waals surface area contributed by atoms with Gasteiger partial charge in [0.15, 0.2) is 0 Å². The molecule has 1 aromatic carbocycles. The summed E-state index contributed by atoms with van der Waals surface area (Å²) in [5.41, 5.74) is 1.02. The number of hydrogen-bond donors (Lipinski definition) is 0. The number of carbonyl (C=O) groups is 2. The fourth-order valence-electron chi connectivity index (χ4n) is 2.61.